The van der Waals surface area contributed by atoms with E-state index in [0.717, 1.165) is 17.8 Å². The molecule has 0 amide bonds. The van der Waals surface area contributed by atoms with Crippen LogP contribution >= 0.6 is 0 Å². The monoisotopic (exact) mass is 193 g/mol. The minimum absolute atomic E-state index is 0.479. The van der Waals surface area contributed by atoms with Gasteiger partial charge in [-0.05, 0) is 32.0 Å². The van der Waals surface area contributed by atoms with E-state index in [2.05, 4.69) is 35.4 Å². The summed E-state index contributed by atoms with van der Waals surface area (Å²) in [5.74, 6) is 0.614. The van der Waals surface area contributed by atoms with Crippen molar-refractivity contribution in [1.82, 2.24) is 15.5 Å². The number of hydrogen-bond acceptors (Lipinski definition) is 3. The summed E-state index contributed by atoms with van der Waals surface area (Å²) < 4.78 is 0. The van der Waals surface area contributed by atoms with Gasteiger partial charge in [-0.15, -0.1) is 0 Å². The van der Waals surface area contributed by atoms with Gasteiger partial charge in [0.25, 0.3) is 0 Å². The molecule has 3 nitrogen and oxygen atoms in total. The average molecular weight is 193 g/mol. The molecule has 0 aliphatic carbocycles. The number of rotatable bonds is 4. The number of aryl methyl sites for hydroxylation is 1. The zero-order valence-electron chi connectivity index (χ0n) is 9.41. The van der Waals surface area contributed by atoms with E-state index in [4.69, 9.17) is 0 Å². The van der Waals surface area contributed by atoms with Crippen LogP contribution in [0.15, 0.2) is 12.1 Å². The van der Waals surface area contributed by atoms with Crippen LogP contribution in [0.25, 0.3) is 0 Å². The highest BCUT2D eigenvalue weighted by Gasteiger charge is 2.12. The van der Waals surface area contributed by atoms with Gasteiger partial charge in [0.1, 0.15) is 0 Å². The first kappa shape index (κ1) is 11.1. The van der Waals surface area contributed by atoms with Crippen LogP contribution in [-0.4, -0.2) is 23.3 Å². The molecular weight excluding hydrogens is 174 g/mol. The minimum atomic E-state index is 0.479. The van der Waals surface area contributed by atoms with Crippen molar-refractivity contribution in [2.45, 2.75) is 33.2 Å². The fourth-order valence-corrected chi connectivity index (χ4v) is 1.43. The maximum Gasteiger partial charge on any atom is 0.0646 e. The summed E-state index contributed by atoms with van der Waals surface area (Å²) in [5.41, 5.74) is 2.03. The number of nitrogens with zero attached hydrogens (tertiary/aromatic N) is 2. The Morgan fingerprint density at radius 2 is 2.00 bits per heavy atom. The van der Waals surface area contributed by atoms with Crippen molar-refractivity contribution in [3.63, 3.8) is 0 Å². The molecule has 0 fully saturated rings. The zero-order chi connectivity index (χ0) is 10.6. The van der Waals surface area contributed by atoms with Crippen molar-refractivity contribution >= 4 is 0 Å². The van der Waals surface area contributed by atoms with Crippen LogP contribution < -0.4 is 5.32 Å². The van der Waals surface area contributed by atoms with Crippen molar-refractivity contribution in [2.24, 2.45) is 5.92 Å². The lowest BCUT2D eigenvalue weighted by molar-refractivity contribution is 0.420. The van der Waals surface area contributed by atoms with E-state index in [1.165, 1.54) is 0 Å². The van der Waals surface area contributed by atoms with Gasteiger partial charge >= 0.3 is 0 Å². The van der Waals surface area contributed by atoms with Crippen LogP contribution in [0.1, 0.15) is 25.2 Å². The largest absolute Gasteiger partial charge is 0.316 e. The first-order valence-corrected chi connectivity index (χ1v) is 5.10. The highest BCUT2D eigenvalue weighted by Crippen LogP contribution is 2.07. The molecule has 1 heterocycles. The molecule has 0 bridgehead atoms. The molecule has 0 aliphatic rings. The molecule has 0 aliphatic heterocycles. The standard InChI is InChI=1S/C11H19N3/c1-8(2)11(12-4)7-10-6-5-9(3)13-14-10/h5-6,8,11-12H,7H2,1-4H3. The van der Waals surface area contributed by atoms with Gasteiger partial charge in [0.15, 0.2) is 0 Å². The van der Waals surface area contributed by atoms with Crippen molar-refractivity contribution in [3.8, 4) is 0 Å². The van der Waals surface area contributed by atoms with Gasteiger partial charge < -0.3 is 5.32 Å². The molecule has 3 heteroatoms. The lowest BCUT2D eigenvalue weighted by Gasteiger charge is -2.19. The third-order valence-corrected chi connectivity index (χ3v) is 2.46. The van der Waals surface area contributed by atoms with Gasteiger partial charge in [-0.2, -0.15) is 10.2 Å². The summed E-state index contributed by atoms with van der Waals surface area (Å²) in [5, 5.41) is 11.5. The Morgan fingerprint density at radius 3 is 2.43 bits per heavy atom. The van der Waals surface area contributed by atoms with Crippen LogP contribution in [0.5, 0.6) is 0 Å². The summed E-state index contributed by atoms with van der Waals surface area (Å²) >= 11 is 0. The maximum absolute atomic E-state index is 4.16. The van der Waals surface area contributed by atoms with E-state index in [0.29, 0.717) is 12.0 Å². The van der Waals surface area contributed by atoms with Crippen molar-refractivity contribution in [1.29, 1.82) is 0 Å². The molecule has 0 aromatic carbocycles. The van der Waals surface area contributed by atoms with E-state index in [1.54, 1.807) is 0 Å². The highest BCUT2D eigenvalue weighted by atomic mass is 15.1. The molecular formula is C11H19N3. The van der Waals surface area contributed by atoms with Crippen LogP contribution in [-0.2, 0) is 6.42 Å². The predicted molar refractivity (Wildman–Crippen MR) is 58.2 cm³/mol. The third kappa shape index (κ3) is 3.07. The zero-order valence-corrected chi connectivity index (χ0v) is 9.41. The molecule has 0 saturated heterocycles. The predicted octanol–water partition coefficient (Wildman–Crippen LogP) is 1.57. The summed E-state index contributed by atoms with van der Waals surface area (Å²) in [4.78, 5) is 0. The number of aromatic nitrogens is 2. The molecule has 1 unspecified atom stereocenters. The summed E-state index contributed by atoms with van der Waals surface area (Å²) in [6.07, 6.45) is 0.946. The van der Waals surface area contributed by atoms with Gasteiger partial charge in [-0.3, -0.25) is 0 Å². The van der Waals surface area contributed by atoms with E-state index in [-0.39, 0.29) is 0 Å². The second-order valence-corrected chi connectivity index (χ2v) is 4.01. The lowest BCUT2D eigenvalue weighted by atomic mass is 9.99. The molecule has 0 spiro atoms. The molecule has 0 radical (unpaired) electrons. The smallest absolute Gasteiger partial charge is 0.0646 e. The summed E-state index contributed by atoms with van der Waals surface area (Å²) in [6, 6.07) is 4.54. The number of likely N-dealkylation sites (N-methyl/N-ethyl adjacent to an activating group) is 1. The highest BCUT2D eigenvalue weighted by molar-refractivity contribution is 5.06. The van der Waals surface area contributed by atoms with E-state index in [1.807, 2.05) is 20.0 Å². The Labute approximate surface area is 85.9 Å². The average Bonchev–Trinajstić information content (AvgIpc) is 2.16. The van der Waals surface area contributed by atoms with Crippen LogP contribution in [0.3, 0.4) is 0 Å². The van der Waals surface area contributed by atoms with Crippen molar-refractivity contribution < 1.29 is 0 Å². The summed E-state index contributed by atoms with van der Waals surface area (Å²) in [6.45, 7) is 6.38. The normalized spacial score (nSPS) is 13.2. The minimum Gasteiger partial charge on any atom is -0.316 e. The molecule has 1 aromatic rings. The fraction of sp³-hybridized carbons (Fsp3) is 0.636. The fourth-order valence-electron chi connectivity index (χ4n) is 1.43. The van der Waals surface area contributed by atoms with Gasteiger partial charge in [0.05, 0.1) is 11.4 Å². The molecule has 0 saturated carbocycles. The van der Waals surface area contributed by atoms with E-state index < -0.39 is 0 Å². The first-order chi connectivity index (χ1) is 6.63. The Kier molecular flexibility index (Phi) is 4.01. The Bertz CT molecular complexity index is 266. The molecule has 1 atom stereocenters. The number of nitrogens with one attached hydrogen (secondary N) is 1. The van der Waals surface area contributed by atoms with E-state index >= 15 is 0 Å². The summed E-state index contributed by atoms with van der Waals surface area (Å²) in [7, 11) is 1.99. The lowest BCUT2D eigenvalue weighted by Crippen LogP contribution is -2.33. The quantitative estimate of drug-likeness (QED) is 0.788. The maximum atomic E-state index is 4.16. The third-order valence-electron chi connectivity index (χ3n) is 2.46. The van der Waals surface area contributed by atoms with Gasteiger partial charge in [-0.1, -0.05) is 13.8 Å². The molecule has 1 rings (SSSR count). The second kappa shape index (κ2) is 5.05. The molecule has 1 N–H and O–H groups in total. The van der Waals surface area contributed by atoms with Crippen LogP contribution in [0.4, 0.5) is 0 Å². The van der Waals surface area contributed by atoms with Crippen LogP contribution in [0.2, 0.25) is 0 Å². The van der Waals surface area contributed by atoms with Gasteiger partial charge in [0, 0.05) is 12.5 Å². The molecule has 14 heavy (non-hydrogen) atoms. The Morgan fingerprint density at radius 1 is 1.29 bits per heavy atom. The SMILES string of the molecule is CNC(Cc1ccc(C)nn1)C(C)C. The van der Waals surface area contributed by atoms with Crippen LogP contribution in [0, 0.1) is 12.8 Å². The van der Waals surface area contributed by atoms with Gasteiger partial charge in [-0.25, -0.2) is 0 Å². The molecule has 78 valence electrons. The first-order valence-electron chi connectivity index (χ1n) is 5.10. The number of hydrogen-bond donors (Lipinski definition) is 1. The van der Waals surface area contributed by atoms with E-state index in [9.17, 15) is 0 Å². The van der Waals surface area contributed by atoms with Crippen molar-refractivity contribution in [2.75, 3.05) is 7.05 Å². The van der Waals surface area contributed by atoms with Gasteiger partial charge in [0.2, 0.25) is 0 Å². The van der Waals surface area contributed by atoms with Crippen molar-refractivity contribution in [3.05, 3.63) is 23.5 Å². The Balaban J connectivity index is 2.63. The molecule has 1 aromatic heterocycles. The topological polar surface area (TPSA) is 37.8 Å². The Hall–Kier alpha value is -0.960. The second-order valence-electron chi connectivity index (χ2n) is 4.01.